The van der Waals surface area contributed by atoms with Crippen LogP contribution in [-0.2, 0) is 13.0 Å². The molecule has 11 heteroatoms. The summed E-state index contributed by atoms with van der Waals surface area (Å²) in [6.07, 6.45) is 2.07. The third-order valence-corrected chi connectivity index (χ3v) is 7.78. The lowest BCUT2D eigenvalue weighted by Gasteiger charge is -2.32. The van der Waals surface area contributed by atoms with Crippen molar-refractivity contribution in [1.29, 1.82) is 0 Å². The number of rotatable bonds is 7. The van der Waals surface area contributed by atoms with Gasteiger partial charge in [-0.1, -0.05) is 6.07 Å². The highest BCUT2D eigenvalue weighted by molar-refractivity contribution is 5.83. The molecule has 0 saturated carbocycles. The fourth-order valence-electron chi connectivity index (χ4n) is 5.74. The van der Waals surface area contributed by atoms with Crippen LogP contribution in [0.2, 0.25) is 0 Å². The summed E-state index contributed by atoms with van der Waals surface area (Å²) in [5.74, 6) is 0.350. The second kappa shape index (κ2) is 11.1. The van der Waals surface area contributed by atoms with Gasteiger partial charge in [0.1, 0.15) is 22.9 Å². The first-order valence-corrected chi connectivity index (χ1v) is 14.0. The predicted molar refractivity (Wildman–Crippen MR) is 152 cm³/mol. The lowest BCUT2D eigenvalue weighted by Crippen LogP contribution is -2.46. The van der Waals surface area contributed by atoms with Crippen LogP contribution in [0.4, 0.5) is 20.5 Å². The highest BCUT2D eigenvalue weighted by Crippen LogP contribution is 2.30. The molecule has 210 valence electrons. The highest BCUT2D eigenvalue weighted by atomic mass is 19.1. The number of nitrogens with zero attached hydrogens (tertiary/aromatic N) is 7. The number of piperazine rings is 1. The Morgan fingerprint density at radius 1 is 0.975 bits per heavy atom. The average molecular weight is 548 g/mol. The summed E-state index contributed by atoms with van der Waals surface area (Å²) in [5, 5.41) is 6.53. The number of hydrogen-bond acceptors (Lipinski definition) is 8. The number of nitrogens with one attached hydrogen (secondary N) is 2. The minimum atomic E-state index is -0.629. The summed E-state index contributed by atoms with van der Waals surface area (Å²) >= 11 is 0. The molecule has 40 heavy (non-hydrogen) atoms. The maximum Gasteiger partial charge on any atom is 0.229 e. The molecule has 2 aliphatic rings. The molecule has 2 N–H and O–H groups in total. The van der Waals surface area contributed by atoms with Crippen LogP contribution in [0, 0.1) is 18.6 Å². The molecule has 0 atom stereocenters. The van der Waals surface area contributed by atoms with E-state index in [-0.39, 0.29) is 23.2 Å². The van der Waals surface area contributed by atoms with Crippen LogP contribution in [0.3, 0.4) is 0 Å². The van der Waals surface area contributed by atoms with Crippen LogP contribution in [0.25, 0.3) is 22.3 Å². The largest absolute Gasteiger partial charge is 0.326 e. The van der Waals surface area contributed by atoms with Crippen LogP contribution in [0.1, 0.15) is 37.0 Å². The number of halogens is 2. The lowest BCUT2D eigenvalue weighted by atomic mass is 10.1. The maximum atomic E-state index is 15.0. The van der Waals surface area contributed by atoms with Crippen molar-refractivity contribution in [2.24, 2.45) is 0 Å². The molecule has 3 aromatic heterocycles. The molecule has 1 saturated heterocycles. The highest BCUT2D eigenvalue weighted by Gasteiger charge is 2.21. The van der Waals surface area contributed by atoms with Crippen molar-refractivity contribution in [2.75, 3.05) is 51.1 Å². The third-order valence-electron chi connectivity index (χ3n) is 7.78. The van der Waals surface area contributed by atoms with Gasteiger partial charge in [0.25, 0.3) is 0 Å². The molecule has 0 radical (unpaired) electrons. The zero-order chi connectivity index (χ0) is 27.8. The first kappa shape index (κ1) is 26.7. The minimum Gasteiger partial charge on any atom is -0.326 e. The molecule has 0 amide bonds. The van der Waals surface area contributed by atoms with Crippen LogP contribution in [-0.4, -0.2) is 80.1 Å². The molecule has 1 fully saturated rings. The van der Waals surface area contributed by atoms with Crippen molar-refractivity contribution >= 4 is 22.8 Å². The minimum absolute atomic E-state index is 0.0181. The van der Waals surface area contributed by atoms with Crippen molar-refractivity contribution in [3.8, 4) is 11.3 Å². The smallest absolute Gasteiger partial charge is 0.229 e. The third kappa shape index (κ3) is 5.41. The summed E-state index contributed by atoms with van der Waals surface area (Å²) in [6.45, 7) is 14.0. The second-order valence-electron chi connectivity index (χ2n) is 10.9. The molecular weight excluding hydrogens is 512 g/mol. The molecule has 4 aromatic rings. The molecule has 0 bridgehead atoms. The number of aryl methyl sites for hydroxylation is 1. The summed E-state index contributed by atoms with van der Waals surface area (Å²) in [4.78, 5) is 22.7. The normalized spacial score (nSPS) is 16.6. The lowest BCUT2D eigenvalue weighted by molar-refractivity contribution is 0.178. The molecular formula is C29H35F2N9. The van der Waals surface area contributed by atoms with Crippen molar-refractivity contribution in [3.05, 3.63) is 59.2 Å². The Balaban J connectivity index is 1.21. The summed E-state index contributed by atoms with van der Waals surface area (Å²) in [6, 6.07) is 7.07. The fourth-order valence-corrected chi connectivity index (χ4v) is 5.74. The van der Waals surface area contributed by atoms with Gasteiger partial charge >= 0.3 is 0 Å². The number of pyridine rings is 1. The van der Waals surface area contributed by atoms with E-state index >= 15 is 4.39 Å². The van der Waals surface area contributed by atoms with E-state index in [2.05, 4.69) is 41.5 Å². The van der Waals surface area contributed by atoms with Crippen molar-refractivity contribution in [3.63, 3.8) is 0 Å². The number of aromatic nitrogens is 5. The van der Waals surface area contributed by atoms with Crippen LogP contribution >= 0.6 is 0 Å². The Morgan fingerprint density at radius 2 is 1.77 bits per heavy atom. The Labute approximate surface area is 232 Å². The molecule has 1 aromatic carbocycles. The number of imidazole rings is 1. The van der Waals surface area contributed by atoms with Crippen LogP contribution < -0.4 is 10.6 Å². The first-order chi connectivity index (χ1) is 19.4. The standard InChI is InChI=1S/C29H35F2N9/c1-18(2)40-19(3)34-28-22(30)14-21(15-25(28)40)27-23(31)16-33-29(37-27)36-26-5-4-20-6-9-39(17-24(20)35-26)13-12-38-10-7-32-8-11-38/h4-5,14-16,18,32H,6-13,17H2,1-3H3,(H,33,35,36,37). The first-order valence-electron chi connectivity index (χ1n) is 14.0. The Kier molecular flexibility index (Phi) is 7.43. The van der Waals surface area contributed by atoms with E-state index in [0.29, 0.717) is 22.7 Å². The molecule has 6 rings (SSSR count). The molecule has 5 heterocycles. The van der Waals surface area contributed by atoms with E-state index in [0.717, 1.165) is 70.7 Å². The van der Waals surface area contributed by atoms with Crippen molar-refractivity contribution < 1.29 is 8.78 Å². The molecule has 0 spiro atoms. The molecule has 9 nitrogen and oxygen atoms in total. The Hall–Kier alpha value is -3.54. The Bertz CT molecular complexity index is 1530. The van der Waals surface area contributed by atoms with E-state index in [4.69, 9.17) is 4.98 Å². The summed E-state index contributed by atoms with van der Waals surface area (Å²) < 4.78 is 31.9. The SMILES string of the molecule is Cc1nc2c(F)cc(-c3nc(Nc4ccc5c(n4)CN(CCN4CCNCC4)CC5)ncc3F)cc2n1C(C)C. The van der Waals surface area contributed by atoms with Gasteiger partial charge in [-0.25, -0.2) is 28.7 Å². The van der Waals surface area contributed by atoms with Gasteiger partial charge in [-0.05, 0) is 51.0 Å². The fraction of sp³-hybridized carbons (Fsp3) is 0.448. The monoisotopic (exact) mass is 547 g/mol. The maximum absolute atomic E-state index is 15.0. The summed E-state index contributed by atoms with van der Waals surface area (Å²) in [5.41, 5.74) is 3.49. The number of anilines is 2. The van der Waals surface area contributed by atoms with Gasteiger partial charge in [0.15, 0.2) is 11.6 Å². The number of fused-ring (bicyclic) bond motifs is 2. The quantitative estimate of drug-likeness (QED) is 0.358. The molecule has 0 aliphatic carbocycles. The predicted octanol–water partition coefficient (Wildman–Crippen LogP) is 4.06. The van der Waals surface area contributed by atoms with Crippen molar-refractivity contribution in [2.45, 2.75) is 39.8 Å². The van der Waals surface area contributed by atoms with Gasteiger partial charge in [-0.2, -0.15) is 0 Å². The summed E-state index contributed by atoms with van der Waals surface area (Å²) in [7, 11) is 0. The van der Waals surface area contributed by atoms with E-state index in [9.17, 15) is 4.39 Å². The Morgan fingerprint density at radius 3 is 2.58 bits per heavy atom. The van der Waals surface area contributed by atoms with Gasteiger partial charge in [-0.3, -0.25) is 9.80 Å². The van der Waals surface area contributed by atoms with Crippen LogP contribution in [0.15, 0.2) is 30.5 Å². The van der Waals surface area contributed by atoms with E-state index in [1.165, 1.54) is 11.6 Å². The van der Waals surface area contributed by atoms with Crippen LogP contribution in [0.5, 0.6) is 0 Å². The second-order valence-corrected chi connectivity index (χ2v) is 10.9. The average Bonchev–Trinajstić information content (AvgIpc) is 3.30. The molecule has 2 aliphatic heterocycles. The van der Waals surface area contributed by atoms with Crippen molar-refractivity contribution in [1.82, 2.24) is 39.6 Å². The number of hydrogen-bond donors (Lipinski definition) is 2. The number of benzene rings is 1. The van der Waals surface area contributed by atoms with E-state index in [1.54, 1.807) is 6.07 Å². The van der Waals surface area contributed by atoms with Gasteiger partial charge in [0, 0.05) is 64.0 Å². The topological polar surface area (TPSA) is 87.0 Å². The van der Waals surface area contributed by atoms with Gasteiger partial charge in [-0.15, -0.1) is 0 Å². The molecule has 0 unspecified atom stereocenters. The van der Waals surface area contributed by atoms with Gasteiger partial charge in [0.2, 0.25) is 5.95 Å². The van der Waals surface area contributed by atoms with Gasteiger partial charge < -0.3 is 15.2 Å². The zero-order valence-electron chi connectivity index (χ0n) is 23.2. The van der Waals surface area contributed by atoms with E-state index < -0.39 is 11.6 Å². The van der Waals surface area contributed by atoms with Gasteiger partial charge in [0.05, 0.1) is 17.4 Å². The van der Waals surface area contributed by atoms with E-state index in [1.807, 2.05) is 31.4 Å². The zero-order valence-corrected chi connectivity index (χ0v) is 23.2.